The molecular weight excluding hydrogens is 293 g/mol. The zero-order chi connectivity index (χ0) is 16.7. The fraction of sp³-hybridized carbons (Fsp3) is 0.316. The monoisotopic (exact) mass is 315 g/mol. The molecule has 0 heterocycles. The van der Waals surface area contributed by atoms with E-state index in [0.29, 0.717) is 18.5 Å². The Hall–Kier alpha value is -2.20. The molecule has 1 amide bonds. The summed E-state index contributed by atoms with van der Waals surface area (Å²) in [6.45, 7) is 2.15. The highest BCUT2D eigenvalue weighted by Crippen LogP contribution is 2.20. The van der Waals surface area contributed by atoms with Gasteiger partial charge in [-0.1, -0.05) is 48.5 Å². The second-order valence-electron chi connectivity index (χ2n) is 5.76. The third-order valence-electron chi connectivity index (χ3n) is 3.75. The van der Waals surface area contributed by atoms with Crippen molar-refractivity contribution in [2.45, 2.75) is 31.8 Å². The average Bonchev–Trinajstić information content (AvgIpc) is 2.54. The van der Waals surface area contributed by atoms with Crippen LogP contribution in [0.5, 0.6) is 0 Å². The fourth-order valence-electron chi connectivity index (χ4n) is 2.59. The maximum absolute atomic E-state index is 13.6. The minimum absolute atomic E-state index is 0.0167. The molecule has 122 valence electrons. The van der Waals surface area contributed by atoms with E-state index in [-0.39, 0.29) is 24.1 Å². The molecule has 4 heteroatoms. The predicted molar refractivity (Wildman–Crippen MR) is 88.6 cm³/mol. The maximum Gasteiger partial charge on any atom is 0.224 e. The van der Waals surface area contributed by atoms with Crippen LogP contribution in [0.2, 0.25) is 0 Å². The lowest BCUT2D eigenvalue weighted by Crippen LogP contribution is -2.31. The molecule has 3 nitrogen and oxygen atoms in total. The van der Waals surface area contributed by atoms with Crippen LogP contribution in [0, 0.1) is 5.82 Å². The molecule has 0 fully saturated rings. The van der Waals surface area contributed by atoms with Crippen molar-refractivity contribution in [3.63, 3.8) is 0 Å². The number of halogens is 1. The van der Waals surface area contributed by atoms with Crippen LogP contribution in [0.4, 0.5) is 4.39 Å². The lowest BCUT2D eigenvalue weighted by atomic mass is 9.93. The van der Waals surface area contributed by atoms with E-state index in [1.165, 1.54) is 6.07 Å². The topological polar surface area (TPSA) is 49.3 Å². The fourth-order valence-corrected chi connectivity index (χ4v) is 2.59. The van der Waals surface area contributed by atoms with E-state index in [2.05, 4.69) is 5.32 Å². The van der Waals surface area contributed by atoms with Crippen LogP contribution in [0.25, 0.3) is 0 Å². The van der Waals surface area contributed by atoms with Crippen molar-refractivity contribution in [3.05, 3.63) is 71.5 Å². The molecule has 0 radical (unpaired) electrons. The smallest absolute Gasteiger partial charge is 0.224 e. The quantitative estimate of drug-likeness (QED) is 0.825. The highest BCUT2D eigenvalue weighted by molar-refractivity contribution is 5.78. The van der Waals surface area contributed by atoms with Gasteiger partial charge in [-0.15, -0.1) is 0 Å². The molecule has 0 bridgehead atoms. The molecule has 2 N–H and O–H groups in total. The predicted octanol–water partition coefficient (Wildman–Crippen LogP) is 3.04. The molecule has 2 unspecified atom stereocenters. The van der Waals surface area contributed by atoms with Crippen molar-refractivity contribution in [2.75, 3.05) is 6.54 Å². The van der Waals surface area contributed by atoms with Crippen molar-refractivity contribution >= 4 is 5.91 Å². The van der Waals surface area contributed by atoms with Crippen LogP contribution in [-0.4, -0.2) is 23.7 Å². The molecule has 0 aliphatic heterocycles. The van der Waals surface area contributed by atoms with E-state index < -0.39 is 6.10 Å². The van der Waals surface area contributed by atoms with Crippen molar-refractivity contribution in [1.29, 1.82) is 0 Å². The van der Waals surface area contributed by atoms with Gasteiger partial charge in [-0.3, -0.25) is 4.79 Å². The Morgan fingerprint density at radius 1 is 1.13 bits per heavy atom. The molecule has 2 aromatic carbocycles. The van der Waals surface area contributed by atoms with E-state index in [1.54, 1.807) is 25.1 Å². The second-order valence-corrected chi connectivity index (χ2v) is 5.76. The molecule has 0 saturated carbocycles. The number of nitrogens with one attached hydrogen (secondary N) is 1. The molecule has 0 aliphatic carbocycles. The number of amides is 1. The molecule has 23 heavy (non-hydrogen) atoms. The summed E-state index contributed by atoms with van der Waals surface area (Å²) in [5.41, 5.74) is 1.45. The SMILES string of the molecule is CC(O)CC(CNC(=O)Cc1ccccc1F)c1ccccc1. The normalized spacial score (nSPS) is 13.3. The van der Waals surface area contributed by atoms with E-state index in [1.807, 2.05) is 30.3 Å². The number of aliphatic hydroxyl groups is 1. The molecule has 0 saturated heterocycles. The van der Waals surface area contributed by atoms with Crippen LogP contribution >= 0.6 is 0 Å². The maximum atomic E-state index is 13.6. The van der Waals surface area contributed by atoms with E-state index in [4.69, 9.17) is 0 Å². The first-order chi connectivity index (χ1) is 11.1. The van der Waals surface area contributed by atoms with Gasteiger partial charge in [0.1, 0.15) is 5.82 Å². The zero-order valence-electron chi connectivity index (χ0n) is 13.2. The number of carbonyl (C=O) groups is 1. The lowest BCUT2D eigenvalue weighted by Gasteiger charge is -2.19. The summed E-state index contributed by atoms with van der Waals surface area (Å²) in [5, 5.41) is 12.5. The van der Waals surface area contributed by atoms with Crippen molar-refractivity contribution in [2.24, 2.45) is 0 Å². The highest BCUT2D eigenvalue weighted by Gasteiger charge is 2.16. The van der Waals surface area contributed by atoms with Gasteiger partial charge < -0.3 is 10.4 Å². The van der Waals surface area contributed by atoms with E-state index in [0.717, 1.165) is 5.56 Å². The summed E-state index contributed by atoms with van der Waals surface area (Å²) in [5.74, 6) is -0.561. The van der Waals surface area contributed by atoms with Crippen LogP contribution in [0.15, 0.2) is 54.6 Å². The third kappa shape index (κ3) is 5.49. The molecule has 0 aliphatic rings. The van der Waals surface area contributed by atoms with Gasteiger partial charge in [0.25, 0.3) is 0 Å². The summed E-state index contributed by atoms with van der Waals surface area (Å²) in [6.07, 6.45) is 0.121. The Kier molecular flexibility index (Phi) is 6.29. The van der Waals surface area contributed by atoms with Gasteiger partial charge in [0, 0.05) is 12.5 Å². The van der Waals surface area contributed by atoms with Gasteiger partial charge in [-0.25, -0.2) is 4.39 Å². The minimum atomic E-state index is -0.455. The van der Waals surface area contributed by atoms with Crippen molar-refractivity contribution in [1.82, 2.24) is 5.32 Å². The Morgan fingerprint density at radius 2 is 1.78 bits per heavy atom. The van der Waals surface area contributed by atoms with E-state index in [9.17, 15) is 14.3 Å². The van der Waals surface area contributed by atoms with Crippen molar-refractivity contribution in [3.8, 4) is 0 Å². The Balaban J connectivity index is 1.95. The van der Waals surface area contributed by atoms with Crippen LogP contribution < -0.4 is 5.32 Å². The molecule has 0 aromatic heterocycles. The minimum Gasteiger partial charge on any atom is -0.393 e. The molecule has 0 spiro atoms. The Bertz CT molecular complexity index is 628. The highest BCUT2D eigenvalue weighted by atomic mass is 19.1. The second kappa shape index (κ2) is 8.44. The van der Waals surface area contributed by atoms with E-state index >= 15 is 0 Å². The van der Waals surface area contributed by atoms with Crippen LogP contribution in [0.1, 0.15) is 30.4 Å². The molecule has 2 rings (SSSR count). The van der Waals surface area contributed by atoms with Gasteiger partial charge in [0.15, 0.2) is 0 Å². The van der Waals surface area contributed by atoms with Gasteiger partial charge in [0.2, 0.25) is 5.91 Å². The Labute approximate surface area is 136 Å². The first-order valence-electron chi connectivity index (χ1n) is 7.79. The largest absolute Gasteiger partial charge is 0.393 e. The van der Waals surface area contributed by atoms with Gasteiger partial charge in [-0.2, -0.15) is 0 Å². The summed E-state index contributed by atoms with van der Waals surface area (Å²) in [4.78, 5) is 12.0. The van der Waals surface area contributed by atoms with Gasteiger partial charge >= 0.3 is 0 Å². The third-order valence-corrected chi connectivity index (χ3v) is 3.75. The lowest BCUT2D eigenvalue weighted by molar-refractivity contribution is -0.120. The first kappa shape index (κ1) is 17.2. The van der Waals surface area contributed by atoms with Crippen molar-refractivity contribution < 1.29 is 14.3 Å². The summed E-state index contributed by atoms with van der Waals surface area (Å²) >= 11 is 0. The average molecular weight is 315 g/mol. The molecule has 2 aromatic rings. The number of hydrogen-bond donors (Lipinski definition) is 2. The molecular formula is C19H22FNO2. The number of carbonyl (C=O) groups excluding carboxylic acids is 1. The van der Waals surface area contributed by atoms with Crippen LogP contribution in [-0.2, 0) is 11.2 Å². The first-order valence-corrected chi connectivity index (χ1v) is 7.79. The molecule has 2 atom stereocenters. The van der Waals surface area contributed by atoms with Crippen LogP contribution in [0.3, 0.4) is 0 Å². The van der Waals surface area contributed by atoms with Gasteiger partial charge in [-0.05, 0) is 30.5 Å². The number of aliphatic hydroxyl groups excluding tert-OH is 1. The summed E-state index contributed by atoms with van der Waals surface area (Å²) in [7, 11) is 0. The standard InChI is InChI=1S/C19H22FNO2/c1-14(22)11-17(15-7-3-2-4-8-15)13-21-19(23)12-16-9-5-6-10-18(16)20/h2-10,14,17,22H,11-13H2,1H3,(H,21,23). The number of hydrogen-bond acceptors (Lipinski definition) is 2. The van der Waals surface area contributed by atoms with Gasteiger partial charge in [0.05, 0.1) is 12.5 Å². The number of benzene rings is 2. The summed E-state index contributed by atoms with van der Waals surface area (Å²) in [6, 6.07) is 16.0. The summed E-state index contributed by atoms with van der Waals surface area (Å²) < 4.78 is 13.6. The Morgan fingerprint density at radius 3 is 2.43 bits per heavy atom. The number of rotatable bonds is 7. The zero-order valence-corrected chi connectivity index (χ0v) is 13.2.